The van der Waals surface area contributed by atoms with Crippen molar-refractivity contribution in [2.45, 2.75) is 37.7 Å². The second-order valence-electron chi connectivity index (χ2n) is 8.40. The van der Waals surface area contributed by atoms with E-state index in [2.05, 4.69) is 0 Å². The molecule has 1 amide bonds. The van der Waals surface area contributed by atoms with Crippen molar-refractivity contribution in [3.05, 3.63) is 52.5 Å². The second-order valence-corrected chi connectivity index (χ2v) is 8.84. The number of Topliss-reactive ketones (excluding diaryl/α,β-unsaturated/α-hetero) is 2. The summed E-state index contributed by atoms with van der Waals surface area (Å²) in [7, 11) is 3.05. The van der Waals surface area contributed by atoms with E-state index in [1.165, 1.54) is 7.11 Å². The van der Waals surface area contributed by atoms with Crippen molar-refractivity contribution < 1.29 is 28.6 Å². The molecule has 0 saturated carbocycles. The van der Waals surface area contributed by atoms with E-state index in [9.17, 15) is 14.4 Å². The maximum absolute atomic E-state index is 13.0. The third kappa shape index (κ3) is 4.83. The Labute approximate surface area is 197 Å². The predicted octanol–water partition coefficient (Wildman–Crippen LogP) is 4.35. The van der Waals surface area contributed by atoms with E-state index in [-0.39, 0.29) is 36.7 Å². The standard InChI is InChI=1S/C25H26ClNO6/c1-31-18-13-21(32-2)24-20(29)15-25(33-22(24)14-18)9-11-27(12-10-25)23(30)8-7-19(28)16-3-5-17(26)6-4-16/h3-6,13-14H,7-12,15H2,1-2H3. The number of hydrogen-bond acceptors (Lipinski definition) is 6. The summed E-state index contributed by atoms with van der Waals surface area (Å²) < 4.78 is 17.0. The van der Waals surface area contributed by atoms with Crippen LogP contribution in [0.15, 0.2) is 36.4 Å². The van der Waals surface area contributed by atoms with Crippen LogP contribution in [0, 0.1) is 0 Å². The van der Waals surface area contributed by atoms with E-state index >= 15 is 0 Å². The van der Waals surface area contributed by atoms with Crippen LogP contribution < -0.4 is 14.2 Å². The number of halogens is 1. The molecule has 8 heteroatoms. The van der Waals surface area contributed by atoms with Crippen molar-refractivity contribution in [1.82, 2.24) is 4.90 Å². The van der Waals surface area contributed by atoms with Gasteiger partial charge in [0.2, 0.25) is 5.91 Å². The molecule has 0 radical (unpaired) electrons. The van der Waals surface area contributed by atoms with Gasteiger partial charge in [0.15, 0.2) is 11.6 Å². The molecule has 174 valence electrons. The lowest BCUT2D eigenvalue weighted by molar-refractivity contribution is -0.134. The number of amides is 1. The summed E-state index contributed by atoms with van der Waals surface area (Å²) in [5, 5.41) is 0.563. The summed E-state index contributed by atoms with van der Waals surface area (Å²) in [5.41, 5.74) is 0.323. The van der Waals surface area contributed by atoms with Crippen LogP contribution in [0.2, 0.25) is 5.02 Å². The van der Waals surface area contributed by atoms with Gasteiger partial charge in [0.1, 0.15) is 28.4 Å². The number of hydrogen-bond donors (Lipinski definition) is 0. The summed E-state index contributed by atoms with van der Waals surface area (Å²) >= 11 is 5.86. The topological polar surface area (TPSA) is 82.1 Å². The molecule has 1 spiro atoms. The number of piperidine rings is 1. The van der Waals surface area contributed by atoms with Crippen LogP contribution in [0.5, 0.6) is 17.2 Å². The molecule has 1 saturated heterocycles. The van der Waals surface area contributed by atoms with Crippen LogP contribution in [0.1, 0.15) is 52.8 Å². The fourth-order valence-corrected chi connectivity index (χ4v) is 4.58. The highest BCUT2D eigenvalue weighted by molar-refractivity contribution is 6.30. The molecular weight excluding hydrogens is 446 g/mol. The average Bonchev–Trinajstić information content (AvgIpc) is 2.82. The molecular formula is C25H26ClNO6. The molecule has 0 aromatic heterocycles. The number of likely N-dealkylation sites (tertiary alicyclic amines) is 1. The molecule has 2 aromatic carbocycles. The normalized spacial score (nSPS) is 16.7. The third-order valence-corrected chi connectivity index (χ3v) is 6.59. The Morgan fingerprint density at radius 1 is 1.06 bits per heavy atom. The molecule has 0 bridgehead atoms. The Morgan fingerprint density at radius 2 is 1.76 bits per heavy atom. The Bertz CT molecular complexity index is 1070. The summed E-state index contributed by atoms with van der Waals surface area (Å²) in [5.74, 6) is 1.24. The first-order valence-corrected chi connectivity index (χ1v) is 11.3. The van der Waals surface area contributed by atoms with E-state index < -0.39 is 5.60 Å². The lowest BCUT2D eigenvalue weighted by Gasteiger charge is -2.44. The summed E-state index contributed by atoms with van der Waals surface area (Å²) in [6.07, 6.45) is 1.60. The SMILES string of the molecule is COc1cc(OC)c2c(c1)OC1(CCN(C(=O)CCC(=O)c3ccc(Cl)cc3)CC1)CC2=O. The molecule has 4 rings (SSSR count). The van der Waals surface area contributed by atoms with Crippen molar-refractivity contribution in [2.24, 2.45) is 0 Å². The Hall–Kier alpha value is -3.06. The van der Waals surface area contributed by atoms with E-state index in [0.29, 0.717) is 59.3 Å². The highest BCUT2D eigenvalue weighted by atomic mass is 35.5. The van der Waals surface area contributed by atoms with Crippen LogP contribution in [0.4, 0.5) is 0 Å². The number of benzene rings is 2. The highest BCUT2D eigenvalue weighted by Crippen LogP contribution is 2.44. The summed E-state index contributed by atoms with van der Waals surface area (Å²) in [6.45, 7) is 0.940. The molecule has 0 atom stereocenters. The van der Waals surface area contributed by atoms with Crippen molar-refractivity contribution in [2.75, 3.05) is 27.3 Å². The first-order valence-electron chi connectivity index (χ1n) is 10.9. The number of ether oxygens (including phenoxy) is 3. The van der Waals surface area contributed by atoms with Gasteiger partial charge < -0.3 is 19.1 Å². The summed E-state index contributed by atoms with van der Waals surface area (Å²) in [4.78, 5) is 39.8. The van der Waals surface area contributed by atoms with Gasteiger partial charge in [0.05, 0.1) is 20.6 Å². The van der Waals surface area contributed by atoms with E-state index in [1.54, 1.807) is 48.4 Å². The number of methoxy groups -OCH3 is 2. The minimum absolute atomic E-state index is 0.0379. The summed E-state index contributed by atoms with van der Waals surface area (Å²) in [6, 6.07) is 10.0. The van der Waals surface area contributed by atoms with Crippen molar-refractivity contribution in [1.29, 1.82) is 0 Å². The first-order chi connectivity index (χ1) is 15.8. The van der Waals surface area contributed by atoms with Gasteiger partial charge in [-0.3, -0.25) is 14.4 Å². The third-order valence-electron chi connectivity index (χ3n) is 6.34. The van der Waals surface area contributed by atoms with Crippen molar-refractivity contribution in [3.8, 4) is 17.2 Å². The number of carbonyl (C=O) groups excluding carboxylic acids is 3. The van der Waals surface area contributed by atoms with Gasteiger partial charge in [-0.25, -0.2) is 0 Å². The fourth-order valence-electron chi connectivity index (χ4n) is 4.45. The molecule has 1 fully saturated rings. The van der Waals surface area contributed by atoms with Gasteiger partial charge in [-0.15, -0.1) is 0 Å². The van der Waals surface area contributed by atoms with E-state index in [4.69, 9.17) is 25.8 Å². The van der Waals surface area contributed by atoms with Gasteiger partial charge >= 0.3 is 0 Å². The van der Waals surface area contributed by atoms with Gasteiger partial charge in [0.25, 0.3) is 0 Å². The fraction of sp³-hybridized carbons (Fsp3) is 0.400. The monoisotopic (exact) mass is 471 g/mol. The van der Waals surface area contributed by atoms with Crippen molar-refractivity contribution in [3.63, 3.8) is 0 Å². The Kier molecular flexibility index (Phi) is 6.61. The van der Waals surface area contributed by atoms with E-state index in [1.807, 2.05) is 0 Å². The predicted molar refractivity (Wildman–Crippen MR) is 123 cm³/mol. The smallest absolute Gasteiger partial charge is 0.223 e. The van der Waals surface area contributed by atoms with Gasteiger partial charge in [-0.05, 0) is 24.3 Å². The van der Waals surface area contributed by atoms with Gasteiger partial charge in [-0.1, -0.05) is 11.6 Å². The van der Waals surface area contributed by atoms with Crippen LogP contribution in [-0.4, -0.2) is 55.3 Å². The van der Waals surface area contributed by atoms with E-state index in [0.717, 1.165) is 0 Å². The molecule has 2 aliphatic rings. The number of rotatable bonds is 6. The molecule has 0 aliphatic carbocycles. The van der Waals surface area contributed by atoms with Crippen LogP contribution >= 0.6 is 11.6 Å². The molecule has 2 aliphatic heterocycles. The molecule has 33 heavy (non-hydrogen) atoms. The lowest BCUT2D eigenvalue weighted by atomic mass is 9.82. The van der Waals surface area contributed by atoms with Crippen LogP contribution in [0.3, 0.4) is 0 Å². The largest absolute Gasteiger partial charge is 0.496 e. The zero-order valence-electron chi connectivity index (χ0n) is 18.7. The molecule has 0 N–H and O–H groups in total. The number of nitrogens with zero attached hydrogens (tertiary/aromatic N) is 1. The van der Waals surface area contributed by atoms with Gasteiger partial charge in [0, 0.05) is 61.5 Å². The zero-order valence-corrected chi connectivity index (χ0v) is 19.4. The van der Waals surface area contributed by atoms with Gasteiger partial charge in [-0.2, -0.15) is 0 Å². The van der Waals surface area contributed by atoms with Crippen molar-refractivity contribution >= 4 is 29.1 Å². The van der Waals surface area contributed by atoms with Crippen LogP contribution in [-0.2, 0) is 4.79 Å². The molecule has 7 nitrogen and oxygen atoms in total. The first kappa shape index (κ1) is 23.1. The maximum atomic E-state index is 13.0. The minimum atomic E-state index is -0.655. The highest BCUT2D eigenvalue weighted by Gasteiger charge is 2.44. The molecule has 2 aromatic rings. The zero-order chi connectivity index (χ0) is 23.6. The molecule has 0 unspecified atom stereocenters. The Balaban J connectivity index is 1.37. The lowest BCUT2D eigenvalue weighted by Crippen LogP contribution is -2.52. The molecule has 2 heterocycles. The number of fused-ring (bicyclic) bond motifs is 1. The quantitative estimate of drug-likeness (QED) is 0.583. The number of carbonyl (C=O) groups is 3. The average molecular weight is 472 g/mol. The van der Waals surface area contributed by atoms with Crippen LogP contribution in [0.25, 0.3) is 0 Å². The second kappa shape index (κ2) is 9.43. The minimum Gasteiger partial charge on any atom is -0.496 e. The Morgan fingerprint density at radius 3 is 2.39 bits per heavy atom. The maximum Gasteiger partial charge on any atom is 0.223 e. The number of ketones is 2.